The summed E-state index contributed by atoms with van der Waals surface area (Å²) in [6, 6.07) is 4.97. The van der Waals surface area contributed by atoms with Crippen molar-refractivity contribution in [1.29, 1.82) is 0 Å². The number of aromatic hydroxyl groups is 2. The van der Waals surface area contributed by atoms with Gasteiger partial charge in [0.15, 0.2) is 11.5 Å². The van der Waals surface area contributed by atoms with Crippen LogP contribution < -0.4 is 0 Å². The second-order valence-electron chi connectivity index (χ2n) is 5.04. The van der Waals surface area contributed by atoms with Crippen molar-refractivity contribution >= 4 is 15.9 Å². The molecule has 3 unspecified atom stereocenters. The Kier molecular flexibility index (Phi) is 6.29. The second kappa shape index (κ2) is 7.98. The van der Waals surface area contributed by atoms with Crippen LogP contribution in [0.2, 0.25) is 0 Å². The van der Waals surface area contributed by atoms with E-state index in [4.69, 9.17) is 14.2 Å². The topological polar surface area (TPSA) is 74.8 Å². The van der Waals surface area contributed by atoms with E-state index in [2.05, 4.69) is 15.9 Å². The van der Waals surface area contributed by atoms with Crippen LogP contribution in [0.1, 0.15) is 23.7 Å². The third-order valence-corrected chi connectivity index (χ3v) is 4.29. The van der Waals surface area contributed by atoms with E-state index in [0.717, 1.165) is 38.4 Å². The van der Waals surface area contributed by atoms with E-state index in [1.807, 2.05) is 6.92 Å². The molecule has 2 fully saturated rings. The summed E-state index contributed by atoms with van der Waals surface area (Å²) in [5.41, 5.74) is 0.734. The molecule has 21 heavy (non-hydrogen) atoms. The minimum Gasteiger partial charge on any atom is -0.504 e. The molecule has 2 aliphatic rings. The van der Waals surface area contributed by atoms with E-state index in [-0.39, 0.29) is 16.3 Å². The van der Waals surface area contributed by atoms with Gasteiger partial charge in [-0.3, -0.25) is 0 Å². The van der Waals surface area contributed by atoms with Crippen molar-refractivity contribution in [2.75, 3.05) is 26.4 Å². The van der Waals surface area contributed by atoms with Crippen LogP contribution in [-0.2, 0) is 14.2 Å². The lowest BCUT2D eigenvalue weighted by atomic mass is 10.1. The quantitative estimate of drug-likeness (QED) is 0.463. The zero-order valence-corrected chi connectivity index (χ0v) is 13.6. The Hall–Kier alpha value is -0.820. The van der Waals surface area contributed by atoms with E-state index in [0.29, 0.717) is 12.2 Å². The lowest BCUT2D eigenvalue weighted by Crippen LogP contribution is -2.06. The zero-order valence-electron chi connectivity index (χ0n) is 12.0. The van der Waals surface area contributed by atoms with Gasteiger partial charge < -0.3 is 24.4 Å². The predicted octanol–water partition coefficient (Wildman–Crippen LogP) is 2.74. The first-order valence-electron chi connectivity index (χ1n) is 7.07. The lowest BCUT2D eigenvalue weighted by molar-refractivity contribution is 0.102. The summed E-state index contributed by atoms with van der Waals surface area (Å²) in [6.07, 6.45) is 1.66. The highest BCUT2D eigenvalue weighted by molar-refractivity contribution is 9.09. The maximum Gasteiger partial charge on any atom is 0.161 e. The highest BCUT2D eigenvalue weighted by Gasteiger charge is 2.26. The van der Waals surface area contributed by atoms with E-state index in [1.54, 1.807) is 12.1 Å². The molecule has 2 heterocycles. The van der Waals surface area contributed by atoms with Crippen molar-refractivity contribution < 1.29 is 24.4 Å². The number of para-hydroxylation sites is 1. The number of benzene rings is 1. The highest BCUT2D eigenvalue weighted by Crippen LogP contribution is 2.37. The summed E-state index contributed by atoms with van der Waals surface area (Å²) >= 11 is 3.40. The number of hydrogen-bond donors (Lipinski definition) is 2. The summed E-state index contributed by atoms with van der Waals surface area (Å²) in [5, 5.41) is 18.6. The van der Waals surface area contributed by atoms with Crippen molar-refractivity contribution in [2.45, 2.75) is 30.4 Å². The van der Waals surface area contributed by atoms with Crippen LogP contribution in [0.4, 0.5) is 0 Å². The first-order chi connectivity index (χ1) is 10.1. The molecule has 0 bridgehead atoms. The Balaban J connectivity index is 0.000000159. The molecule has 5 nitrogen and oxygen atoms in total. The minimum absolute atomic E-state index is 0.0266. The van der Waals surface area contributed by atoms with E-state index in [1.165, 1.54) is 6.07 Å². The smallest absolute Gasteiger partial charge is 0.161 e. The van der Waals surface area contributed by atoms with Crippen molar-refractivity contribution in [3.8, 4) is 11.5 Å². The Bertz CT molecular complexity index is 434. The van der Waals surface area contributed by atoms with Gasteiger partial charge in [0.25, 0.3) is 0 Å². The van der Waals surface area contributed by atoms with Crippen LogP contribution >= 0.6 is 15.9 Å². The molecule has 118 valence electrons. The molecule has 0 saturated carbocycles. The first kappa shape index (κ1) is 16.5. The van der Waals surface area contributed by atoms with E-state index >= 15 is 0 Å². The molecule has 2 saturated heterocycles. The molecule has 0 spiro atoms. The molecule has 0 aromatic heterocycles. The Morgan fingerprint density at radius 2 is 1.81 bits per heavy atom. The first-order valence-corrected chi connectivity index (χ1v) is 7.99. The van der Waals surface area contributed by atoms with Crippen molar-refractivity contribution in [3.05, 3.63) is 23.8 Å². The molecule has 2 N–H and O–H groups in total. The van der Waals surface area contributed by atoms with Crippen molar-refractivity contribution in [3.63, 3.8) is 0 Å². The molecule has 3 rings (SSSR count). The van der Waals surface area contributed by atoms with Crippen LogP contribution in [-0.4, -0.2) is 48.8 Å². The van der Waals surface area contributed by atoms with E-state index in [9.17, 15) is 10.2 Å². The molecule has 6 heteroatoms. The van der Waals surface area contributed by atoms with Gasteiger partial charge in [0.1, 0.15) is 12.2 Å². The fraction of sp³-hybridized carbons (Fsp3) is 0.600. The van der Waals surface area contributed by atoms with Gasteiger partial charge >= 0.3 is 0 Å². The molecule has 0 amide bonds. The number of alkyl halides is 1. The number of ether oxygens (including phenoxy) is 3. The SMILES string of the molecule is C(OCC1CO1)C1CO1.CCC(Br)c1cccc(O)c1O. The van der Waals surface area contributed by atoms with Gasteiger partial charge in [-0.1, -0.05) is 35.0 Å². The van der Waals surface area contributed by atoms with Gasteiger partial charge in [0.2, 0.25) is 0 Å². The predicted molar refractivity (Wildman–Crippen MR) is 82.0 cm³/mol. The van der Waals surface area contributed by atoms with Gasteiger partial charge in [0.05, 0.1) is 26.4 Å². The van der Waals surface area contributed by atoms with E-state index < -0.39 is 0 Å². The van der Waals surface area contributed by atoms with Crippen LogP contribution in [0.5, 0.6) is 11.5 Å². The molecule has 0 radical (unpaired) electrons. The fourth-order valence-corrected chi connectivity index (χ4v) is 2.05. The van der Waals surface area contributed by atoms with Gasteiger partial charge in [-0.2, -0.15) is 0 Å². The Morgan fingerprint density at radius 1 is 1.24 bits per heavy atom. The molecular formula is C15H21BrO5. The summed E-state index contributed by atoms with van der Waals surface area (Å²) in [7, 11) is 0. The number of phenols is 2. The van der Waals surface area contributed by atoms with Crippen LogP contribution in [0, 0.1) is 0 Å². The molecular weight excluding hydrogens is 340 g/mol. The lowest BCUT2D eigenvalue weighted by Gasteiger charge is -2.09. The maximum absolute atomic E-state index is 9.42. The van der Waals surface area contributed by atoms with Crippen molar-refractivity contribution in [2.24, 2.45) is 0 Å². The Labute approximate surface area is 133 Å². The second-order valence-corrected chi connectivity index (χ2v) is 6.14. The van der Waals surface area contributed by atoms with Crippen LogP contribution in [0.25, 0.3) is 0 Å². The summed E-state index contributed by atoms with van der Waals surface area (Å²) in [5.74, 6) is -0.0911. The number of rotatable bonds is 6. The largest absolute Gasteiger partial charge is 0.504 e. The average molecular weight is 361 g/mol. The van der Waals surface area contributed by atoms with Gasteiger partial charge in [-0.25, -0.2) is 0 Å². The molecule has 2 aliphatic heterocycles. The van der Waals surface area contributed by atoms with Crippen LogP contribution in [0.3, 0.4) is 0 Å². The van der Waals surface area contributed by atoms with Crippen molar-refractivity contribution in [1.82, 2.24) is 0 Å². The molecule has 1 aromatic carbocycles. The normalized spacial score (nSPS) is 23.9. The highest BCUT2D eigenvalue weighted by atomic mass is 79.9. The molecule has 0 aliphatic carbocycles. The number of halogens is 1. The summed E-state index contributed by atoms with van der Waals surface area (Å²) in [4.78, 5) is 0.101. The summed E-state index contributed by atoms with van der Waals surface area (Å²) in [6.45, 7) is 5.26. The molecule has 3 atom stereocenters. The van der Waals surface area contributed by atoms with Gasteiger partial charge in [-0.15, -0.1) is 0 Å². The third-order valence-electron chi connectivity index (χ3n) is 3.15. The third kappa shape index (κ3) is 5.82. The Morgan fingerprint density at radius 3 is 2.29 bits per heavy atom. The summed E-state index contributed by atoms with van der Waals surface area (Å²) < 4.78 is 15.1. The van der Waals surface area contributed by atoms with Gasteiger partial charge in [0, 0.05) is 10.4 Å². The number of phenolic OH excluding ortho intramolecular Hbond substituents is 2. The monoisotopic (exact) mass is 360 g/mol. The molecule has 1 aromatic rings. The van der Waals surface area contributed by atoms with Gasteiger partial charge in [-0.05, 0) is 12.5 Å². The zero-order chi connectivity index (χ0) is 15.2. The standard InChI is InChI=1S/C9H11BrO2.C6H10O3/c1-2-7(10)6-4-3-5-8(11)9(6)12;1(5-3-8-5)7-2-6-4-9-6/h3-5,7,11-12H,2H2,1H3;5-6H,1-4H2. The minimum atomic E-state index is -0.0644. The maximum atomic E-state index is 9.42. The number of epoxide rings is 2. The number of hydrogen-bond acceptors (Lipinski definition) is 5. The van der Waals surface area contributed by atoms with Crippen LogP contribution in [0.15, 0.2) is 18.2 Å². The fourth-order valence-electron chi connectivity index (χ4n) is 1.68. The average Bonchev–Trinajstić information content (AvgIpc) is 3.36.